The molecule has 0 radical (unpaired) electrons. The molecule has 0 aliphatic carbocycles. The average Bonchev–Trinajstić information content (AvgIpc) is 2.16. The maximum absolute atomic E-state index is 10.2. The third-order valence-electron chi connectivity index (χ3n) is 1.87. The minimum Gasteiger partial charge on any atom is -0.480 e. The number of likely N-dealkylation sites (N-methyl/N-ethyl adjacent to an activating group) is 1. The topological polar surface area (TPSA) is 113 Å². The fourth-order valence-electron chi connectivity index (χ4n) is 0.649. The minimum absolute atomic E-state index is 0.0417. The summed E-state index contributed by atoms with van der Waals surface area (Å²) < 4.78 is 0. The predicted molar refractivity (Wildman–Crippen MR) is 56.6 cm³/mol. The van der Waals surface area contributed by atoms with Gasteiger partial charge in [0.05, 0.1) is 6.54 Å². The van der Waals surface area contributed by atoms with Crippen molar-refractivity contribution in [1.29, 1.82) is 0 Å². The fourth-order valence-corrected chi connectivity index (χ4v) is 0.649. The van der Waals surface area contributed by atoms with Gasteiger partial charge in [-0.3, -0.25) is 9.59 Å². The van der Waals surface area contributed by atoms with Gasteiger partial charge in [-0.25, -0.2) is 0 Å². The molecule has 6 nitrogen and oxygen atoms in total. The monoisotopic (exact) mass is 220 g/mol. The molecule has 0 aliphatic rings. The number of nitrogens with two attached hydrogens (primary N) is 1. The Hall–Kier alpha value is -1.14. The van der Waals surface area contributed by atoms with Crippen molar-refractivity contribution in [3.63, 3.8) is 0 Å². The Bertz CT molecular complexity index is 197. The van der Waals surface area contributed by atoms with Crippen LogP contribution in [0.5, 0.6) is 0 Å². The van der Waals surface area contributed by atoms with Gasteiger partial charge in [-0.05, 0) is 13.0 Å². The molecule has 0 aromatic carbocycles. The van der Waals surface area contributed by atoms with Crippen LogP contribution in [0, 0.1) is 5.92 Å². The van der Waals surface area contributed by atoms with Crippen molar-refractivity contribution in [3.05, 3.63) is 0 Å². The van der Waals surface area contributed by atoms with Gasteiger partial charge in [0.2, 0.25) is 0 Å². The molecule has 0 fully saturated rings. The molecule has 90 valence electrons. The van der Waals surface area contributed by atoms with Gasteiger partial charge in [0.25, 0.3) is 0 Å². The normalized spacial score (nSPS) is 13.3. The van der Waals surface area contributed by atoms with E-state index in [1.807, 2.05) is 13.8 Å². The van der Waals surface area contributed by atoms with Gasteiger partial charge in [-0.1, -0.05) is 20.3 Å². The van der Waals surface area contributed by atoms with Gasteiger partial charge in [0.1, 0.15) is 6.04 Å². The summed E-state index contributed by atoms with van der Waals surface area (Å²) in [6.45, 7) is 3.80. The van der Waals surface area contributed by atoms with E-state index in [0.717, 1.165) is 6.42 Å². The van der Waals surface area contributed by atoms with Gasteiger partial charge in [-0.2, -0.15) is 0 Å². The van der Waals surface area contributed by atoms with Crippen LogP contribution in [0.1, 0.15) is 20.3 Å². The first-order valence-electron chi connectivity index (χ1n) is 4.71. The first-order valence-corrected chi connectivity index (χ1v) is 4.71. The molecule has 0 aromatic heterocycles. The Labute approximate surface area is 89.5 Å². The van der Waals surface area contributed by atoms with Gasteiger partial charge >= 0.3 is 11.9 Å². The SMILES string of the molecule is CCC(C)C(N)C(=O)O.CNCC(=O)O. The van der Waals surface area contributed by atoms with E-state index in [1.165, 1.54) is 0 Å². The van der Waals surface area contributed by atoms with Gasteiger partial charge < -0.3 is 21.3 Å². The molecule has 5 N–H and O–H groups in total. The van der Waals surface area contributed by atoms with Crippen LogP contribution in [0.4, 0.5) is 0 Å². The molecule has 0 saturated carbocycles. The highest BCUT2D eigenvalue weighted by molar-refractivity contribution is 5.73. The second kappa shape index (κ2) is 9.42. The molecular weight excluding hydrogens is 200 g/mol. The lowest BCUT2D eigenvalue weighted by Crippen LogP contribution is -2.36. The third kappa shape index (κ3) is 10.8. The zero-order chi connectivity index (χ0) is 12.4. The Morgan fingerprint density at radius 2 is 1.87 bits per heavy atom. The lowest BCUT2D eigenvalue weighted by molar-refractivity contribution is -0.139. The minimum atomic E-state index is -0.913. The van der Waals surface area contributed by atoms with E-state index in [0.29, 0.717) is 0 Å². The van der Waals surface area contributed by atoms with Crippen molar-refractivity contribution < 1.29 is 19.8 Å². The molecule has 0 saturated heterocycles. The van der Waals surface area contributed by atoms with Crippen molar-refractivity contribution >= 4 is 11.9 Å². The zero-order valence-electron chi connectivity index (χ0n) is 9.36. The number of carboxylic acids is 2. The molecule has 0 aromatic rings. The summed E-state index contributed by atoms with van der Waals surface area (Å²) in [5.41, 5.74) is 5.27. The molecule has 2 unspecified atom stereocenters. The van der Waals surface area contributed by atoms with E-state index in [1.54, 1.807) is 7.05 Å². The largest absolute Gasteiger partial charge is 0.480 e. The van der Waals surface area contributed by atoms with Crippen molar-refractivity contribution in [3.8, 4) is 0 Å². The van der Waals surface area contributed by atoms with Crippen molar-refractivity contribution in [2.45, 2.75) is 26.3 Å². The number of aliphatic carboxylic acids is 2. The maximum atomic E-state index is 10.2. The molecule has 0 rings (SSSR count). The molecule has 0 heterocycles. The number of nitrogens with one attached hydrogen (secondary N) is 1. The van der Waals surface area contributed by atoms with Gasteiger partial charge in [0, 0.05) is 0 Å². The van der Waals surface area contributed by atoms with Crippen LogP contribution < -0.4 is 11.1 Å². The second-order valence-corrected chi connectivity index (χ2v) is 3.17. The van der Waals surface area contributed by atoms with Gasteiger partial charge in [0.15, 0.2) is 0 Å². The number of carbonyl (C=O) groups is 2. The summed E-state index contributed by atoms with van der Waals surface area (Å²) in [7, 11) is 1.59. The van der Waals surface area contributed by atoms with Crippen LogP contribution in [0.15, 0.2) is 0 Å². The van der Waals surface area contributed by atoms with E-state index in [2.05, 4.69) is 5.32 Å². The molecule has 0 aliphatic heterocycles. The highest BCUT2D eigenvalue weighted by Crippen LogP contribution is 2.04. The number of hydrogen-bond acceptors (Lipinski definition) is 4. The highest BCUT2D eigenvalue weighted by atomic mass is 16.4. The summed E-state index contributed by atoms with van der Waals surface area (Å²) in [6, 6.07) is -0.699. The van der Waals surface area contributed by atoms with Crippen molar-refractivity contribution in [2.24, 2.45) is 11.7 Å². The Kier molecular flexibility index (Phi) is 10.2. The quantitative estimate of drug-likeness (QED) is 0.507. The summed E-state index contributed by atoms with van der Waals surface area (Å²) in [5, 5.41) is 18.7. The first-order chi connectivity index (χ1) is 6.86. The smallest absolute Gasteiger partial charge is 0.320 e. The van der Waals surface area contributed by atoms with E-state index < -0.39 is 18.0 Å². The lowest BCUT2D eigenvalue weighted by Gasteiger charge is -2.11. The van der Waals surface area contributed by atoms with Crippen LogP contribution in [0.25, 0.3) is 0 Å². The zero-order valence-corrected chi connectivity index (χ0v) is 9.36. The molecule has 0 amide bonds. The van der Waals surface area contributed by atoms with Crippen LogP contribution >= 0.6 is 0 Å². The Morgan fingerprint density at radius 3 is 1.93 bits per heavy atom. The summed E-state index contributed by atoms with van der Waals surface area (Å²) in [4.78, 5) is 19.7. The van der Waals surface area contributed by atoms with E-state index in [-0.39, 0.29) is 12.5 Å². The third-order valence-corrected chi connectivity index (χ3v) is 1.87. The molecule has 0 bridgehead atoms. The lowest BCUT2D eigenvalue weighted by atomic mass is 10.0. The highest BCUT2D eigenvalue weighted by Gasteiger charge is 2.17. The van der Waals surface area contributed by atoms with Crippen LogP contribution in [0.2, 0.25) is 0 Å². The van der Waals surface area contributed by atoms with Crippen molar-refractivity contribution in [2.75, 3.05) is 13.6 Å². The molecule has 15 heavy (non-hydrogen) atoms. The predicted octanol–water partition coefficient (Wildman–Crippen LogP) is -0.265. The standard InChI is InChI=1S/C6H13NO2.C3H7NO2/c1-3-4(2)5(7)6(8)9;1-4-2-3(5)6/h4-5H,3,7H2,1-2H3,(H,8,9);4H,2H2,1H3,(H,5,6). The van der Waals surface area contributed by atoms with Crippen molar-refractivity contribution in [1.82, 2.24) is 5.32 Å². The average molecular weight is 220 g/mol. The summed E-state index contributed by atoms with van der Waals surface area (Å²) in [6.07, 6.45) is 0.813. The summed E-state index contributed by atoms with van der Waals surface area (Å²) in [5.74, 6) is -1.66. The molecule has 0 spiro atoms. The van der Waals surface area contributed by atoms with Crippen LogP contribution in [-0.2, 0) is 9.59 Å². The fraction of sp³-hybridized carbons (Fsp3) is 0.778. The Morgan fingerprint density at radius 1 is 1.40 bits per heavy atom. The van der Waals surface area contributed by atoms with Crippen LogP contribution in [0.3, 0.4) is 0 Å². The number of hydrogen-bond donors (Lipinski definition) is 4. The molecular formula is C9H20N2O4. The van der Waals surface area contributed by atoms with Gasteiger partial charge in [-0.15, -0.1) is 0 Å². The first kappa shape index (κ1) is 16.3. The van der Waals surface area contributed by atoms with Crippen LogP contribution in [-0.4, -0.2) is 41.8 Å². The number of carboxylic acid groups (broad SMARTS) is 2. The maximum Gasteiger partial charge on any atom is 0.320 e. The van der Waals surface area contributed by atoms with E-state index in [4.69, 9.17) is 15.9 Å². The van der Waals surface area contributed by atoms with E-state index >= 15 is 0 Å². The Balaban J connectivity index is 0. The van der Waals surface area contributed by atoms with E-state index in [9.17, 15) is 9.59 Å². The molecule has 6 heteroatoms. The second-order valence-electron chi connectivity index (χ2n) is 3.17. The number of rotatable bonds is 5. The summed E-state index contributed by atoms with van der Waals surface area (Å²) >= 11 is 0. The molecule has 2 atom stereocenters.